The van der Waals surface area contributed by atoms with Gasteiger partial charge in [0, 0.05) is 46.2 Å². The first kappa shape index (κ1) is 17.6. The number of phenolic OH excluding ortho intramolecular Hbond substituents is 1. The van der Waals surface area contributed by atoms with Gasteiger partial charge in [-0.05, 0) is 25.0 Å². The van der Waals surface area contributed by atoms with Crippen molar-refractivity contribution in [1.82, 2.24) is 25.0 Å². The smallest absolute Gasteiger partial charge is 0.194 e. The number of aromatic hydroxyl groups is 1. The lowest BCUT2D eigenvalue weighted by molar-refractivity contribution is 0.368. The molecular weight excluding hydrogens is 342 g/mol. The Morgan fingerprint density at radius 2 is 1.93 bits per heavy atom. The van der Waals surface area contributed by atoms with Gasteiger partial charge in [-0.3, -0.25) is 4.99 Å². The van der Waals surface area contributed by atoms with E-state index in [2.05, 4.69) is 34.9 Å². The first-order chi connectivity index (χ1) is 13.3. The predicted molar refractivity (Wildman–Crippen MR) is 105 cm³/mol. The highest BCUT2D eigenvalue weighted by Gasteiger charge is 2.22. The predicted octanol–water partition coefficient (Wildman–Crippen LogP) is 1.22. The molecule has 2 aromatic rings. The van der Waals surface area contributed by atoms with Crippen LogP contribution in [0.4, 0.5) is 5.69 Å². The second-order valence-corrected chi connectivity index (χ2v) is 7.00. The molecule has 0 aliphatic carbocycles. The molecule has 144 valence electrons. The van der Waals surface area contributed by atoms with Crippen molar-refractivity contribution >= 4 is 11.6 Å². The molecule has 0 radical (unpaired) electrons. The molecule has 2 aliphatic heterocycles. The van der Waals surface area contributed by atoms with Gasteiger partial charge in [-0.15, -0.1) is 10.2 Å². The average Bonchev–Trinajstić information content (AvgIpc) is 3.13. The molecule has 1 fully saturated rings. The van der Waals surface area contributed by atoms with Crippen LogP contribution in [0.2, 0.25) is 0 Å². The second kappa shape index (κ2) is 7.85. The van der Waals surface area contributed by atoms with Crippen molar-refractivity contribution in [2.75, 3.05) is 38.1 Å². The molecule has 4 rings (SSSR count). The number of aromatic nitrogens is 3. The number of fused-ring (bicyclic) bond motifs is 1. The standard InChI is InChI=1S/C19H27N7O/c1-20-19(21-14-18-23-22-17-8-4-5-9-26(17)18)25-12-10-24(11-13-25)15-6-2-3-7-16(15)27/h2-3,6-7,27H,4-5,8-14H2,1H3,(H,20,21). The van der Waals surface area contributed by atoms with Crippen LogP contribution >= 0.6 is 0 Å². The van der Waals surface area contributed by atoms with E-state index in [1.54, 1.807) is 6.07 Å². The number of aliphatic imine (C=N–C) groups is 1. The Bertz CT molecular complexity index is 808. The van der Waals surface area contributed by atoms with Gasteiger partial charge in [0.25, 0.3) is 0 Å². The highest BCUT2D eigenvalue weighted by Crippen LogP contribution is 2.27. The fraction of sp³-hybridized carbons (Fsp3) is 0.526. The summed E-state index contributed by atoms with van der Waals surface area (Å²) in [5.74, 6) is 3.31. The van der Waals surface area contributed by atoms with Gasteiger partial charge >= 0.3 is 0 Å². The Morgan fingerprint density at radius 3 is 2.70 bits per heavy atom. The zero-order valence-electron chi connectivity index (χ0n) is 15.8. The molecule has 2 aliphatic rings. The van der Waals surface area contributed by atoms with Gasteiger partial charge in [0.05, 0.1) is 12.2 Å². The maximum absolute atomic E-state index is 10.1. The molecule has 8 heteroatoms. The average molecular weight is 369 g/mol. The van der Waals surface area contributed by atoms with Crippen molar-refractivity contribution in [3.05, 3.63) is 35.9 Å². The van der Waals surface area contributed by atoms with Crippen LogP contribution in [0, 0.1) is 0 Å². The Hall–Kier alpha value is -2.77. The van der Waals surface area contributed by atoms with E-state index >= 15 is 0 Å². The van der Waals surface area contributed by atoms with Crippen molar-refractivity contribution in [2.45, 2.75) is 32.4 Å². The number of aryl methyl sites for hydroxylation is 1. The Labute approximate surface area is 159 Å². The van der Waals surface area contributed by atoms with E-state index in [0.29, 0.717) is 12.3 Å². The Balaban J connectivity index is 1.34. The zero-order chi connectivity index (χ0) is 18.6. The van der Waals surface area contributed by atoms with Crippen molar-refractivity contribution in [3.63, 3.8) is 0 Å². The van der Waals surface area contributed by atoms with E-state index in [1.165, 1.54) is 12.8 Å². The minimum Gasteiger partial charge on any atom is -0.506 e. The Kier molecular flexibility index (Phi) is 5.13. The molecule has 0 bridgehead atoms. The summed E-state index contributed by atoms with van der Waals surface area (Å²) in [5.41, 5.74) is 0.898. The molecule has 3 heterocycles. The summed E-state index contributed by atoms with van der Waals surface area (Å²) in [6.07, 6.45) is 3.42. The van der Waals surface area contributed by atoms with E-state index in [-0.39, 0.29) is 0 Å². The molecule has 0 atom stereocenters. The number of anilines is 1. The van der Waals surface area contributed by atoms with Gasteiger partial charge in [-0.2, -0.15) is 0 Å². The summed E-state index contributed by atoms with van der Waals surface area (Å²) in [6, 6.07) is 7.51. The first-order valence-corrected chi connectivity index (χ1v) is 9.66. The number of guanidine groups is 1. The highest BCUT2D eigenvalue weighted by molar-refractivity contribution is 5.80. The number of phenols is 1. The third-order valence-corrected chi connectivity index (χ3v) is 5.35. The number of nitrogens with one attached hydrogen (secondary N) is 1. The lowest BCUT2D eigenvalue weighted by Crippen LogP contribution is -2.52. The van der Waals surface area contributed by atoms with E-state index < -0.39 is 0 Å². The SMILES string of the molecule is CN=C(NCc1nnc2n1CCCC2)N1CCN(c2ccccc2O)CC1. The minimum atomic E-state index is 0.338. The van der Waals surface area contributed by atoms with Crippen LogP contribution in [-0.2, 0) is 19.5 Å². The van der Waals surface area contributed by atoms with Crippen LogP contribution in [0.1, 0.15) is 24.5 Å². The van der Waals surface area contributed by atoms with Crippen LogP contribution in [0.15, 0.2) is 29.3 Å². The van der Waals surface area contributed by atoms with Crippen LogP contribution in [0.3, 0.4) is 0 Å². The lowest BCUT2D eigenvalue weighted by Gasteiger charge is -2.37. The summed E-state index contributed by atoms with van der Waals surface area (Å²) in [4.78, 5) is 8.91. The molecule has 8 nitrogen and oxygen atoms in total. The van der Waals surface area contributed by atoms with Crippen molar-refractivity contribution in [3.8, 4) is 5.75 Å². The maximum atomic E-state index is 10.1. The van der Waals surface area contributed by atoms with E-state index in [0.717, 1.165) is 62.4 Å². The molecule has 0 unspecified atom stereocenters. The van der Waals surface area contributed by atoms with Crippen molar-refractivity contribution < 1.29 is 5.11 Å². The first-order valence-electron chi connectivity index (χ1n) is 9.66. The number of hydrogen-bond donors (Lipinski definition) is 2. The van der Waals surface area contributed by atoms with Crippen LogP contribution in [0.5, 0.6) is 5.75 Å². The fourth-order valence-corrected chi connectivity index (χ4v) is 3.88. The van der Waals surface area contributed by atoms with E-state index in [1.807, 2.05) is 25.2 Å². The highest BCUT2D eigenvalue weighted by atomic mass is 16.3. The third kappa shape index (κ3) is 3.70. The number of hydrogen-bond acceptors (Lipinski definition) is 5. The van der Waals surface area contributed by atoms with Gasteiger partial charge in [-0.1, -0.05) is 12.1 Å². The third-order valence-electron chi connectivity index (χ3n) is 5.35. The van der Waals surface area contributed by atoms with Crippen LogP contribution in [0.25, 0.3) is 0 Å². The monoisotopic (exact) mass is 369 g/mol. The van der Waals surface area contributed by atoms with Gasteiger partial charge in [-0.25, -0.2) is 0 Å². The fourth-order valence-electron chi connectivity index (χ4n) is 3.88. The molecule has 27 heavy (non-hydrogen) atoms. The number of nitrogens with zero attached hydrogens (tertiary/aromatic N) is 6. The normalized spacial score (nSPS) is 17.7. The van der Waals surface area contributed by atoms with Gasteiger partial charge in [0.15, 0.2) is 11.8 Å². The van der Waals surface area contributed by atoms with Gasteiger partial charge in [0.1, 0.15) is 11.6 Å². The number of benzene rings is 1. The van der Waals surface area contributed by atoms with Gasteiger partial charge in [0.2, 0.25) is 0 Å². The number of rotatable bonds is 3. The zero-order valence-corrected chi connectivity index (χ0v) is 15.8. The number of piperazine rings is 1. The topological polar surface area (TPSA) is 81.8 Å². The van der Waals surface area contributed by atoms with Gasteiger partial charge < -0.3 is 24.8 Å². The van der Waals surface area contributed by atoms with Crippen LogP contribution in [-0.4, -0.2) is 64.0 Å². The maximum Gasteiger partial charge on any atom is 0.194 e. The number of para-hydroxylation sites is 2. The molecule has 1 aromatic heterocycles. The van der Waals surface area contributed by atoms with E-state index in [9.17, 15) is 5.11 Å². The molecule has 0 saturated carbocycles. The molecule has 0 spiro atoms. The quantitative estimate of drug-likeness (QED) is 0.625. The molecule has 2 N–H and O–H groups in total. The van der Waals surface area contributed by atoms with Crippen LogP contribution < -0.4 is 10.2 Å². The molecule has 0 amide bonds. The van der Waals surface area contributed by atoms with Crippen molar-refractivity contribution in [2.24, 2.45) is 4.99 Å². The summed E-state index contributed by atoms with van der Waals surface area (Å²) < 4.78 is 2.24. The Morgan fingerprint density at radius 1 is 1.11 bits per heavy atom. The largest absolute Gasteiger partial charge is 0.506 e. The minimum absolute atomic E-state index is 0.338. The molecule has 1 saturated heterocycles. The summed E-state index contributed by atoms with van der Waals surface area (Å²) in [6.45, 7) is 5.05. The second-order valence-electron chi connectivity index (χ2n) is 7.00. The molecule has 1 aromatic carbocycles. The van der Waals surface area contributed by atoms with Crippen molar-refractivity contribution in [1.29, 1.82) is 0 Å². The summed E-state index contributed by atoms with van der Waals surface area (Å²) in [5, 5.41) is 22.2. The summed E-state index contributed by atoms with van der Waals surface area (Å²) in [7, 11) is 1.82. The lowest BCUT2D eigenvalue weighted by atomic mass is 10.2. The summed E-state index contributed by atoms with van der Waals surface area (Å²) >= 11 is 0. The van der Waals surface area contributed by atoms with E-state index in [4.69, 9.17) is 0 Å². The molecular formula is C19H27N7O.